The maximum absolute atomic E-state index is 12.8. The summed E-state index contributed by atoms with van der Waals surface area (Å²) in [4.78, 5) is 31.0. The highest BCUT2D eigenvalue weighted by molar-refractivity contribution is 6.15. The molecular formula is C19H21N3O5. The van der Waals surface area contributed by atoms with Crippen LogP contribution in [-0.4, -0.2) is 43.7 Å². The number of fused-ring (bicyclic) bond motifs is 1. The Bertz CT molecular complexity index is 885. The van der Waals surface area contributed by atoms with Crippen LogP contribution in [0.15, 0.2) is 36.5 Å². The number of benzene rings is 1. The molecule has 2 aromatic rings. The lowest BCUT2D eigenvalue weighted by Crippen LogP contribution is -2.61. The molecule has 1 atom stereocenters. The molecule has 2 heterocycles. The van der Waals surface area contributed by atoms with Crippen molar-refractivity contribution in [3.8, 4) is 17.2 Å². The van der Waals surface area contributed by atoms with E-state index in [1.807, 2.05) is 0 Å². The number of ether oxygens (including phenoxy) is 3. The lowest BCUT2D eigenvalue weighted by molar-refractivity contribution is -0.148. The van der Waals surface area contributed by atoms with Crippen molar-refractivity contribution in [2.45, 2.75) is 19.1 Å². The number of likely N-dealkylation sites (N-methyl/N-ethyl adjacent to an activating group) is 1. The number of pyridine rings is 1. The second-order valence-electron chi connectivity index (χ2n) is 6.19. The zero-order valence-corrected chi connectivity index (χ0v) is 15.6. The van der Waals surface area contributed by atoms with E-state index in [1.54, 1.807) is 50.7 Å². The minimum absolute atomic E-state index is 0.168. The number of carbonyl (C=O) groups excluding carboxylic acids is 2. The predicted molar refractivity (Wildman–Crippen MR) is 98.1 cm³/mol. The topological polar surface area (TPSA) is 90.0 Å². The molecule has 0 saturated heterocycles. The standard InChI is InChI=1S/C19H21N3O5/c1-19(18(24)22(2)16-14(27-19)6-5-9-20-16)17(23)21-11-12-7-8-13(25-3)10-15(12)26-4/h5-10H,11H2,1-4H3,(H,21,23)/t19-/m0/s1. The summed E-state index contributed by atoms with van der Waals surface area (Å²) in [6.07, 6.45) is 1.56. The molecule has 0 radical (unpaired) electrons. The maximum atomic E-state index is 12.8. The number of anilines is 1. The summed E-state index contributed by atoms with van der Waals surface area (Å²) in [5.74, 6) is 0.927. The van der Waals surface area contributed by atoms with E-state index < -0.39 is 17.4 Å². The van der Waals surface area contributed by atoms with Crippen LogP contribution < -0.4 is 24.4 Å². The third-order valence-corrected chi connectivity index (χ3v) is 4.46. The number of aromatic nitrogens is 1. The molecule has 1 aliphatic heterocycles. The van der Waals surface area contributed by atoms with Gasteiger partial charge in [0.15, 0.2) is 11.6 Å². The molecule has 0 bridgehead atoms. The molecule has 0 spiro atoms. The fourth-order valence-corrected chi connectivity index (χ4v) is 2.88. The molecule has 1 aromatic heterocycles. The van der Waals surface area contributed by atoms with Crippen LogP contribution in [0.25, 0.3) is 0 Å². The van der Waals surface area contributed by atoms with Crippen LogP contribution >= 0.6 is 0 Å². The van der Waals surface area contributed by atoms with Crippen LogP contribution in [0.3, 0.4) is 0 Å². The highest BCUT2D eigenvalue weighted by Gasteiger charge is 2.50. The number of methoxy groups -OCH3 is 2. The van der Waals surface area contributed by atoms with Crippen molar-refractivity contribution in [3.05, 3.63) is 42.1 Å². The molecule has 0 unspecified atom stereocenters. The van der Waals surface area contributed by atoms with Gasteiger partial charge in [-0.1, -0.05) is 0 Å². The quantitative estimate of drug-likeness (QED) is 0.802. The lowest BCUT2D eigenvalue weighted by Gasteiger charge is -2.36. The normalized spacial score (nSPS) is 18.4. The number of rotatable bonds is 5. The monoisotopic (exact) mass is 371 g/mol. The molecule has 1 aromatic carbocycles. The second kappa shape index (κ2) is 7.14. The molecular weight excluding hydrogens is 350 g/mol. The Hall–Kier alpha value is -3.29. The van der Waals surface area contributed by atoms with Crippen molar-refractivity contribution in [1.29, 1.82) is 0 Å². The lowest BCUT2D eigenvalue weighted by atomic mass is 10.0. The number of hydrogen-bond donors (Lipinski definition) is 1. The summed E-state index contributed by atoms with van der Waals surface area (Å²) in [6, 6.07) is 8.63. The summed E-state index contributed by atoms with van der Waals surface area (Å²) >= 11 is 0. The van der Waals surface area contributed by atoms with Crippen LogP contribution in [0.4, 0.5) is 5.82 Å². The van der Waals surface area contributed by atoms with E-state index in [2.05, 4.69) is 10.3 Å². The second-order valence-corrected chi connectivity index (χ2v) is 6.19. The number of amides is 2. The maximum Gasteiger partial charge on any atom is 0.281 e. The van der Waals surface area contributed by atoms with Gasteiger partial charge in [-0.25, -0.2) is 4.98 Å². The van der Waals surface area contributed by atoms with Crippen molar-refractivity contribution >= 4 is 17.6 Å². The van der Waals surface area contributed by atoms with Gasteiger partial charge in [0.2, 0.25) is 0 Å². The van der Waals surface area contributed by atoms with Gasteiger partial charge in [0.25, 0.3) is 17.4 Å². The summed E-state index contributed by atoms with van der Waals surface area (Å²) in [7, 11) is 4.66. The highest BCUT2D eigenvalue weighted by atomic mass is 16.5. The van der Waals surface area contributed by atoms with E-state index in [9.17, 15) is 9.59 Å². The number of nitrogens with zero attached hydrogens (tertiary/aromatic N) is 2. The Kier molecular flexibility index (Phi) is 4.89. The van der Waals surface area contributed by atoms with Crippen molar-refractivity contribution in [1.82, 2.24) is 10.3 Å². The summed E-state index contributed by atoms with van der Waals surface area (Å²) in [5, 5.41) is 2.75. The first kappa shape index (κ1) is 18.5. The van der Waals surface area contributed by atoms with Gasteiger partial charge in [0.05, 0.1) is 14.2 Å². The van der Waals surface area contributed by atoms with Crippen LogP contribution in [0, 0.1) is 0 Å². The molecule has 0 fully saturated rings. The summed E-state index contributed by atoms with van der Waals surface area (Å²) in [5.41, 5.74) is -0.946. The number of carbonyl (C=O) groups is 2. The fraction of sp³-hybridized carbons (Fsp3) is 0.316. The van der Waals surface area contributed by atoms with Crippen molar-refractivity contribution in [3.63, 3.8) is 0 Å². The summed E-state index contributed by atoms with van der Waals surface area (Å²) in [6.45, 7) is 1.62. The number of nitrogens with one attached hydrogen (secondary N) is 1. The van der Waals surface area contributed by atoms with Gasteiger partial charge in [0, 0.05) is 31.4 Å². The Balaban J connectivity index is 1.79. The molecule has 0 aliphatic carbocycles. The van der Waals surface area contributed by atoms with Gasteiger partial charge in [0.1, 0.15) is 11.5 Å². The van der Waals surface area contributed by atoms with Crippen LogP contribution in [0.2, 0.25) is 0 Å². The van der Waals surface area contributed by atoms with Crippen molar-refractivity contribution < 1.29 is 23.8 Å². The zero-order valence-electron chi connectivity index (χ0n) is 15.6. The largest absolute Gasteiger partial charge is 0.497 e. The smallest absolute Gasteiger partial charge is 0.281 e. The van der Waals surface area contributed by atoms with Gasteiger partial charge in [-0.2, -0.15) is 0 Å². The van der Waals surface area contributed by atoms with E-state index in [1.165, 1.54) is 18.9 Å². The first-order valence-corrected chi connectivity index (χ1v) is 8.32. The van der Waals surface area contributed by atoms with Crippen LogP contribution in [-0.2, 0) is 16.1 Å². The van der Waals surface area contributed by atoms with Crippen molar-refractivity contribution in [2.75, 3.05) is 26.2 Å². The minimum Gasteiger partial charge on any atom is -0.497 e. The molecule has 27 heavy (non-hydrogen) atoms. The van der Waals surface area contributed by atoms with Gasteiger partial charge in [-0.15, -0.1) is 0 Å². The van der Waals surface area contributed by atoms with E-state index in [4.69, 9.17) is 14.2 Å². The Morgan fingerprint density at radius 1 is 1.30 bits per heavy atom. The summed E-state index contributed by atoms with van der Waals surface area (Å²) < 4.78 is 16.2. The zero-order chi connectivity index (χ0) is 19.6. The molecule has 8 nitrogen and oxygen atoms in total. The van der Waals surface area contributed by atoms with E-state index in [0.29, 0.717) is 23.1 Å². The first-order valence-electron chi connectivity index (χ1n) is 8.32. The van der Waals surface area contributed by atoms with Gasteiger partial charge in [-0.3, -0.25) is 14.5 Å². The molecule has 2 amide bonds. The molecule has 8 heteroatoms. The van der Waals surface area contributed by atoms with Gasteiger partial charge >= 0.3 is 0 Å². The minimum atomic E-state index is -1.69. The number of hydrogen-bond acceptors (Lipinski definition) is 6. The van der Waals surface area contributed by atoms with Crippen LogP contribution in [0.5, 0.6) is 17.2 Å². The van der Waals surface area contributed by atoms with Crippen LogP contribution in [0.1, 0.15) is 12.5 Å². The third kappa shape index (κ3) is 3.25. The molecule has 1 aliphatic rings. The SMILES string of the molecule is COc1ccc(CNC(=O)[C@]2(C)Oc3cccnc3N(C)C2=O)c(OC)c1. The van der Waals surface area contributed by atoms with E-state index in [-0.39, 0.29) is 6.54 Å². The van der Waals surface area contributed by atoms with Gasteiger partial charge in [-0.05, 0) is 31.2 Å². The molecule has 142 valence electrons. The highest BCUT2D eigenvalue weighted by Crippen LogP contribution is 2.35. The average Bonchev–Trinajstić information content (AvgIpc) is 2.70. The van der Waals surface area contributed by atoms with Gasteiger partial charge < -0.3 is 19.5 Å². The average molecular weight is 371 g/mol. The molecule has 0 saturated carbocycles. The fourth-order valence-electron chi connectivity index (χ4n) is 2.88. The molecule has 1 N–H and O–H groups in total. The Morgan fingerprint density at radius 2 is 2.07 bits per heavy atom. The van der Waals surface area contributed by atoms with Crippen molar-refractivity contribution in [2.24, 2.45) is 0 Å². The van der Waals surface area contributed by atoms with E-state index in [0.717, 1.165) is 5.56 Å². The Morgan fingerprint density at radius 3 is 2.78 bits per heavy atom. The third-order valence-electron chi connectivity index (χ3n) is 4.46. The Labute approximate surface area is 157 Å². The molecule has 3 rings (SSSR count). The van der Waals surface area contributed by atoms with E-state index >= 15 is 0 Å². The predicted octanol–water partition coefficient (Wildman–Crippen LogP) is 1.53. The first-order chi connectivity index (χ1) is 12.9.